The van der Waals surface area contributed by atoms with Crippen molar-refractivity contribution in [1.29, 1.82) is 0 Å². The Morgan fingerprint density at radius 1 is 0.853 bits per heavy atom. The van der Waals surface area contributed by atoms with E-state index in [1.54, 1.807) is 6.07 Å². The summed E-state index contributed by atoms with van der Waals surface area (Å²) in [7, 11) is 0. The predicted octanol–water partition coefficient (Wildman–Crippen LogP) is 9.10. The largest absolute Gasteiger partial charge is 0.373 e. The molecule has 0 heterocycles. The topological polar surface area (TPSA) is 9.23 Å². The summed E-state index contributed by atoms with van der Waals surface area (Å²) in [5, 5.41) is 0. The quantitative estimate of drug-likeness (QED) is 0.231. The van der Waals surface area contributed by atoms with E-state index in [9.17, 15) is 0 Å². The molecule has 0 spiro atoms. The fraction of sp³-hybridized carbons (Fsp3) is 0.312. The summed E-state index contributed by atoms with van der Waals surface area (Å²) >= 11 is 0. The van der Waals surface area contributed by atoms with E-state index in [-0.39, 0.29) is 5.82 Å². The van der Waals surface area contributed by atoms with Crippen molar-refractivity contribution in [3.05, 3.63) is 108 Å². The van der Waals surface area contributed by atoms with Gasteiger partial charge in [0, 0.05) is 5.56 Å². The molecule has 0 aliphatic heterocycles. The van der Waals surface area contributed by atoms with Crippen molar-refractivity contribution in [3.63, 3.8) is 0 Å². The molecular formula is C32H35FO. The minimum absolute atomic E-state index is 0.196. The van der Waals surface area contributed by atoms with Crippen molar-refractivity contribution in [3.8, 4) is 22.3 Å². The van der Waals surface area contributed by atoms with Crippen LogP contribution in [0.4, 0.5) is 4.39 Å². The molecule has 0 radical (unpaired) electrons. The summed E-state index contributed by atoms with van der Waals surface area (Å²) in [6.45, 7) is 7.22. The van der Waals surface area contributed by atoms with Gasteiger partial charge < -0.3 is 4.74 Å². The van der Waals surface area contributed by atoms with Crippen molar-refractivity contribution in [1.82, 2.24) is 0 Å². The molecule has 1 aliphatic carbocycles. The smallest absolute Gasteiger partial charge is 0.131 e. The maximum atomic E-state index is 15.0. The van der Waals surface area contributed by atoms with Crippen LogP contribution in [0.3, 0.4) is 0 Å². The molecule has 0 atom stereocenters. The molecule has 2 heteroatoms. The van der Waals surface area contributed by atoms with E-state index in [4.69, 9.17) is 4.74 Å². The first-order chi connectivity index (χ1) is 16.7. The summed E-state index contributed by atoms with van der Waals surface area (Å²) in [6.07, 6.45) is 12.2. The van der Waals surface area contributed by atoms with Gasteiger partial charge in [-0.3, -0.25) is 0 Å². The third kappa shape index (κ3) is 6.12. The van der Waals surface area contributed by atoms with Crippen LogP contribution in [0, 0.1) is 11.7 Å². The molecule has 0 bridgehead atoms. The van der Waals surface area contributed by atoms with E-state index < -0.39 is 0 Å². The van der Waals surface area contributed by atoms with E-state index in [0.29, 0.717) is 30.6 Å². The van der Waals surface area contributed by atoms with Crippen LogP contribution in [0.1, 0.15) is 56.1 Å². The second-order valence-electron chi connectivity index (χ2n) is 9.26. The van der Waals surface area contributed by atoms with Crippen LogP contribution in [0.25, 0.3) is 22.3 Å². The number of benzene rings is 3. The van der Waals surface area contributed by atoms with Crippen molar-refractivity contribution < 1.29 is 9.13 Å². The van der Waals surface area contributed by atoms with Crippen molar-refractivity contribution in [2.45, 2.75) is 51.6 Å². The van der Waals surface area contributed by atoms with Gasteiger partial charge in [-0.1, -0.05) is 85.8 Å². The van der Waals surface area contributed by atoms with Crippen LogP contribution < -0.4 is 0 Å². The molecule has 0 saturated heterocycles. The molecular weight excluding hydrogens is 419 g/mol. The lowest BCUT2D eigenvalue weighted by atomic mass is 9.78. The highest BCUT2D eigenvalue weighted by atomic mass is 19.1. The third-order valence-corrected chi connectivity index (χ3v) is 6.94. The lowest BCUT2D eigenvalue weighted by molar-refractivity contribution is 0.148. The Kier molecular flexibility index (Phi) is 8.49. The van der Waals surface area contributed by atoms with E-state index in [2.05, 4.69) is 49.9 Å². The maximum Gasteiger partial charge on any atom is 0.131 e. The zero-order valence-corrected chi connectivity index (χ0v) is 20.2. The maximum absolute atomic E-state index is 15.0. The van der Waals surface area contributed by atoms with Crippen LogP contribution in [0.15, 0.2) is 91.5 Å². The van der Waals surface area contributed by atoms with E-state index >= 15 is 4.39 Å². The van der Waals surface area contributed by atoms with Gasteiger partial charge in [-0.2, -0.15) is 0 Å². The number of rotatable bonds is 9. The summed E-state index contributed by atoms with van der Waals surface area (Å²) in [5.41, 5.74) is 5.95. The molecule has 1 fully saturated rings. The first kappa shape index (κ1) is 24.2. The molecule has 34 heavy (non-hydrogen) atoms. The SMILES string of the molecule is C=C[C@H]1CC[C@H](c2ccc(-c3ccc(-c4ccc(COC/C=C/CC)cc4)c(F)c3)cc2)CC1. The average molecular weight is 455 g/mol. The molecule has 0 amide bonds. The fourth-order valence-electron chi connectivity index (χ4n) is 4.82. The summed E-state index contributed by atoms with van der Waals surface area (Å²) < 4.78 is 20.7. The lowest BCUT2D eigenvalue weighted by Gasteiger charge is -2.27. The van der Waals surface area contributed by atoms with Crippen molar-refractivity contribution >= 4 is 0 Å². The van der Waals surface area contributed by atoms with Gasteiger partial charge in [0.05, 0.1) is 13.2 Å². The van der Waals surface area contributed by atoms with Gasteiger partial charge in [-0.25, -0.2) is 4.39 Å². The van der Waals surface area contributed by atoms with Gasteiger partial charge >= 0.3 is 0 Å². The van der Waals surface area contributed by atoms with Gasteiger partial charge in [-0.05, 0) is 77.8 Å². The minimum Gasteiger partial charge on any atom is -0.373 e. The highest BCUT2D eigenvalue weighted by molar-refractivity contribution is 5.71. The van der Waals surface area contributed by atoms with E-state index in [1.807, 2.05) is 42.5 Å². The summed E-state index contributed by atoms with van der Waals surface area (Å²) in [5.74, 6) is 1.11. The summed E-state index contributed by atoms with van der Waals surface area (Å²) in [4.78, 5) is 0. The number of ether oxygens (including phenoxy) is 1. The zero-order chi connectivity index (χ0) is 23.8. The Morgan fingerprint density at radius 3 is 2.18 bits per heavy atom. The molecule has 3 aromatic carbocycles. The Bertz CT molecular complexity index is 1090. The van der Waals surface area contributed by atoms with Gasteiger partial charge in [0.2, 0.25) is 0 Å². The minimum atomic E-state index is -0.196. The van der Waals surface area contributed by atoms with Gasteiger partial charge in [0.1, 0.15) is 5.82 Å². The standard InChI is InChI=1S/C32H35FO/c1-3-5-6-21-34-23-25-9-13-29(14-10-25)31-20-19-30(22-32(31)33)28-17-15-27(16-18-28)26-11-7-24(4-2)8-12-26/h4-6,9-10,13-20,22,24,26H,2-3,7-8,11-12,21,23H2,1H3/b6-5+/t24-,26-. The monoisotopic (exact) mass is 454 g/mol. The Morgan fingerprint density at radius 2 is 1.53 bits per heavy atom. The van der Waals surface area contributed by atoms with Gasteiger partial charge in [0.15, 0.2) is 0 Å². The van der Waals surface area contributed by atoms with Crippen LogP contribution >= 0.6 is 0 Å². The van der Waals surface area contributed by atoms with Crippen LogP contribution in [-0.2, 0) is 11.3 Å². The molecule has 0 N–H and O–H groups in total. The highest BCUT2D eigenvalue weighted by Crippen LogP contribution is 2.37. The van der Waals surface area contributed by atoms with E-state index in [0.717, 1.165) is 28.7 Å². The molecule has 4 rings (SSSR count). The first-order valence-electron chi connectivity index (χ1n) is 12.5. The summed E-state index contributed by atoms with van der Waals surface area (Å²) in [6, 6.07) is 22.2. The Balaban J connectivity index is 1.40. The molecule has 0 unspecified atom stereocenters. The second-order valence-corrected chi connectivity index (χ2v) is 9.26. The predicted molar refractivity (Wildman–Crippen MR) is 141 cm³/mol. The number of allylic oxidation sites excluding steroid dienone is 2. The van der Waals surface area contributed by atoms with Crippen LogP contribution in [0.5, 0.6) is 0 Å². The third-order valence-electron chi connectivity index (χ3n) is 6.94. The van der Waals surface area contributed by atoms with Crippen molar-refractivity contribution in [2.75, 3.05) is 6.61 Å². The van der Waals surface area contributed by atoms with Gasteiger partial charge in [-0.15, -0.1) is 6.58 Å². The lowest BCUT2D eigenvalue weighted by Crippen LogP contribution is -2.11. The molecule has 3 aromatic rings. The highest BCUT2D eigenvalue weighted by Gasteiger charge is 2.20. The fourth-order valence-corrected chi connectivity index (χ4v) is 4.82. The molecule has 1 saturated carbocycles. The normalized spacial score (nSPS) is 18.3. The van der Waals surface area contributed by atoms with E-state index in [1.165, 1.54) is 31.2 Å². The van der Waals surface area contributed by atoms with Crippen LogP contribution in [-0.4, -0.2) is 6.61 Å². The number of halogens is 1. The Hall–Kier alpha value is -2.97. The average Bonchev–Trinajstić information content (AvgIpc) is 2.89. The first-order valence-corrected chi connectivity index (χ1v) is 12.5. The molecule has 0 aromatic heterocycles. The zero-order valence-electron chi connectivity index (χ0n) is 20.2. The molecule has 1 aliphatic rings. The number of hydrogen-bond donors (Lipinski definition) is 0. The number of hydrogen-bond acceptors (Lipinski definition) is 1. The molecule has 1 nitrogen and oxygen atoms in total. The van der Waals surface area contributed by atoms with Crippen molar-refractivity contribution in [2.24, 2.45) is 5.92 Å². The Labute approximate surface area is 204 Å². The van der Waals surface area contributed by atoms with Gasteiger partial charge in [0.25, 0.3) is 0 Å². The molecule has 176 valence electrons. The second kappa shape index (κ2) is 11.9. The van der Waals surface area contributed by atoms with Crippen LogP contribution in [0.2, 0.25) is 0 Å².